The van der Waals surface area contributed by atoms with E-state index in [1.165, 1.54) is 0 Å². The Morgan fingerprint density at radius 1 is 0.892 bits per heavy atom. The fourth-order valence-corrected chi connectivity index (χ4v) is 4.73. The number of hydrogen-bond donors (Lipinski definition) is 3. The lowest BCUT2D eigenvalue weighted by Crippen LogP contribution is -2.28. The Labute approximate surface area is 211 Å². The lowest BCUT2D eigenvalue weighted by atomic mass is 9.85. The van der Waals surface area contributed by atoms with E-state index in [4.69, 9.17) is 4.98 Å². The monoisotopic (exact) mass is 486 g/mol. The maximum Gasteiger partial charge on any atom is 0.227 e. The SMILES string of the molecule is O=C(Nc1cncc(-c2ccc3[nH]nc(-c4nc5c(-c6cccnc6)cncc5[nH]4)c3c2)c1)C1CCC1. The molecule has 0 radical (unpaired) electrons. The number of carbonyl (C=O) groups is 1. The molecule has 9 heteroatoms. The molecule has 0 atom stereocenters. The third-order valence-corrected chi connectivity index (χ3v) is 6.97. The number of rotatable bonds is 5. The second-order valence-electron chi connectivity index (χ2n) is 9.32. The van der Waals surface area contributed by atoms with E-state index in [1.54, 1.807) is 37.2 Å². The maximum atomic E-state index is 12.4. The van der Waals surface area contributed by atoms with Gasteiger partial charge in [-0.2, -0.15) is 5.10 Å². The highest BCUT2D eigenvalue weighted by Crippen LogP contribution is 2.33. The van der Waals surface area contributed by atoms with Crippen molar-refractivity contribution in [1.29, 1.82) is 0 Å². The van der Waals surface area contributed by atoms with Crippen molar-refractivity contribution in [3.63, 3.8) is 0 Å². The molecule has 37 heavy (non-hydrogen) atoms. The first-order valence-corrected chi connectivity index (χ1v) is 12.2. The Morgan fingerprint density at radius 3 is 2.62 bits per heavy atom. The summed E-state index contributed by atoms with van der Waals surface area (Å²) in [5.74, 6) is 0.838. The fourth-order valence-electron chi connectivity index (χ4n) is 4.73. The number of imidazole rings is 1. The van der Waals surface area contributed by atoms with Gasteiger partial charge in [0.15, 0.2) is 5.82 Å². The molecule has 5 heterocycles. The molecule has 5 aromatic heterocycles. The smallest absolute Gasteiger partial charge is 0.227 e. The Hall–Kier alpha value is -4.92. The van der Waals surface area contributed by atoms with Crippen LogP contribution in [0.5, 0.6) is 0 Å². The van der Waals surface area contributed by atoms with E-state index in [0.717, 1.165) is 63.5 Å². The summed E-state index contributed by atoms with van der Waals surface area (Å²) in [6.45, 7) is 0. The summed E-state index contributed by atoms with van der Waals surface area (Å²) < 4.78 is 0. The van der Waals surface area contributed by atoms with Crippen molar-refractivity contribution in [2.75, 3.05) is 5.32 Å². The number of pyridine rings is 3. The van der Waals surface area contributed by atoms with Crippen LogP contribution < -0.4 is 5.32 Å². The van der Waals surface area contributed by atoms with E-state index >= 15 is 0 Å². The van der Waals surface area contributed by atoms with Crippen molar-refractivity contribution in [1.82, 2.24) is 35.1 Å². The minimum Gasteiger partial charge on any atom is -0.335 e. The topological polar surface area (TPSA) is 125 Å². The summed E-state index contributed by atoms with van der Waals surface area (Å²) in [6.07, 6.45) is 13.6. The highest BCUT2D eigenvalue weighted by molar-refractivity contribution is 5.98. The van der Waals surface area contributed by atoms with Gasteiger partial charge in [0.2, 0.25) is 5.91 Å². The summed E-state index contributed by atoms with van der Waals surface area (Å²) in [5, 5.41) is 11.6. The zero-order chi connectivity index (χ0) is 24.8. The first-order chi connectivity index (χ1) is 18.2. The van der Waals surface area contributed by atoms with Crippen LogP contribution in [0.15, 0.2) is 73.6 Å². The fraction of sp³-hybridized carbons (Fsp3) is 0.143. The average Bonchev–Trinajstić information content (AvgIpc) is 3.52. The van der Waals surface area contributed by atoms with Gasteiger partial charge in [0.05, 0.1) is 29.1 Å². The van der Waals surface area contributed by atoms with Gasteiger partial charge in [0, 0.05) is 52.8 Å². The normalized spacial score (nSPS) is 13.6. The predicted molar refractivity (Wildman–Crippen MR) is 141 cm³/mol. The second kappa shape index (κ2) is 8.63. The number of fused-ring (bicyclic) bond motifs is 2. The first-order valence-electron chi connectivity index (χ1n) is 12.2. The van der Waals surface area contributed by atoms with E-state index in [-0.39, 0.29) is 11.8 Å². The molecule has 1 aliphatic carbocycles. The number of aromatic nitrogens is 7. The van der Waals surface area contributed by atoms with Gasteiger partial charge in [0.25, 0.3) is 0 Å². The quantitative estimate of drug-likeness (QED) is 0.301. The van der Waals surface area contributed by atoms with Crippen LogP contribution in [0, 0.1) is 5.92 Å². The minimum absolute atomic E-state index is 0.0720. The van der Waals surface area contributed by atoms with Crippen LogP contribution in [0.25, 0.3) is 55.7 Å². The van der Waals surface area contributed by atoms with Crippen LogP contribution in [-0.2, 0) is 4.79 Å². The number of benzene rings is 1. The molecule has 0 unspecified atom stereocenters. The Morgan fingerprint density at radius 2 is 1.78 bits per heavy atom. The number of nitrogens with one attached hydrogen (secondary N) is 3. The molecule has 0 saturated heterocycles. The molecule has 1 amide bonds. The van der Waals surface area contributed by atoms with E-state index in [0.29, 0.717) is 17.2 Å². The van der Waals surface area contributed by atoms with Gasteiger partial charge in [-0.05, 0) is 42.7 Å². The van der Waals surface area contributed by atoms with Gasteiger partial charge in [-0.3, -0.25) is 24.8 Å². The number of amides is 1. The largest absolute Gasteiger partial charge is 0.335 e. The Balaban J connectivity index is 1.26. The summed E-state index contributed by atoms with van der Waals surface area (Å²) in [5.41, 5.74) is 7.68. The van der Waals surface area contributed by atoms with Crippen LogP contribution in [0.4, 0.5) is 5.69 Å². The molecule has 3 N–H and O–H groups in total. The van der Waals surface area contributed by atoms with E-state index < -0.39 is 0 Å². The number of carbonyl (C=O) groups excluding carboxylic acids is 1. The van der Waals surface area contributed by atoms with Crippen molar-refractivity contribution in [2.45, 2.75) is 19.3 Å². The van der Waals surface area contributed by atoms with Crippen molar-refractivity contribution >= 4 is 33.5 Å². The first kappa shape index (κ1) is 21.4. The van der Waals surface area contributed by atoms with Gasteiger partial charge in [0.1, 0.15) is 11.2 Å². The van der Waals surface area contributed by atoms with Crippen molar-refractivity contribution in [3.8, 4) is 33.8 Å². The van der Waals surface area contributed by atoms with Gasteiger partial charge in [-0.1, -0.05) is 18.6 Å². The standard InChI is InChI=1S/C28H22N8O/c37-28(16-3-1-4-16)32-20-9-19(12-30-13-20)17-6-7-23-21(10-17)26(36-35-23)27-33-24-15-31-14-22(25(24)34-27)18-5-2-8-29-11-18/h2,5-16H,1,3-4H2,(H,32,37)(H,33,34)(H,35,36). The molecular weight excluding hydrogens is 464 g/mol. The molecule has 1 saturated carbocycles. The summed E-state index contributed by atoms with van der Waals surface area (Å²) in [7, 11) is 0. The summed E-state index contributed by atoms with van der Waals surface area (Å²) in [6, 6.07) is 11.9. The van der Waals surface area contributed by atoms with Crippen molar-refractivity contribution < 1.29 is 4.79 Å². The molecule has 1 aliphatic rings. The number of hydrogen-bond acceptors (Lipinski definition) is 6. The van der Waals surface area contributed by atoms with Crippen LogP contribution in [-0.4, -0.2) is 41.0 Å². The lowest BCUT2D eigenvalue weighted by molar-refractivity contribution is -0.122. The van der Waals surface area contributed by atoms with Crippen LogP contribution in [0.3, 0.4) is 0 Å². The van der Waals surface area contributed by atoms with Gasteiger partial charge in [-0.25, -0.2) is 4.98 Å². The van der Waals surface area contributed by atoms with E-state index in [1.807, 2.05) is 30.3 Å². The predicted octanol–water partition coefficient (Wildman–Crippen LogP) is 5.36. The van der Waals surface area contributed by atoms with Crippen molar-refractivity contribution in [3.05, 3.63) is 73.6 Å². The molecule has 0 aliphatic heterocycles. The molecule has 7 rings (SSSR count). The van der Waals surface area contributed by atoms with Gasteiger partial charge in [-0.15, -0.1) is 0 Å². The highest BCUT2D eigenvalue weighted by atomic mass is 16.1. The Kier molecular flexibility index (Phi) is 4.99. The average molecular weight is 487 g/mol. The Bertz CT molecular complexity index is 1770. The second-order valence-corrected chi connectivity index (χ2v) is 9.32. The lowest BCUT2D eigenvalue weighted by Gasteiger charge is -2.24. The molecule has 0 bridgehead atoms. The van der Waals surface area contributed by atoms with Crippen LogP contribution >= 0.6 is 0 Å². The maximum absolute atomic E-state index is 12.4. The number of H-pyrrole nitrogens is 2. The zero-order valence-electron chi connectivity index (χ0n) is 19.8. The molecule has 1 aromatic carbocycles. The number of nitrogens with zero attached hydrogens (tertiary/aromatic N) is 5. The van der Waals surface area contributed by atoms with Gasteiger partial charge < -0.3 is 10.3 Å². The third kappa shape index (κ3) is 3.81. The number of anilines is 1. The highest BCUT2D eigenvalue weighted by Gasteiger charge is 2.25. The molecule has 1 fully saturated rings. The van der Waals surface area contributed by atoms with E-state index in [9.17, 15) is 4.79 Å². The molecule has 180 valence electrons. The van der Waals surface area contributed by atoms with Crippen LogP contribution in [0.1, 0.15) is 19.3 Å². The molecular formula is C28H22N8O. The molecule has 6 aromatic rings. The van der Waals surface area contributed by atoms with E-state index in [2.05, 4.69) is 41.5 Å². The zero-order valence-corrected chi connectivity index (χ0v) is 19.8. The van der Waals surface area contributed by atoms with Crippen LogP contribution in [0.2, 0.25) is 0 Å². The molecule has 0 spiro atoms. The molecule has 9 nitrogen and oxygen atoms in total. The summed E-state index contributed by atoms with van der Waals surface area (Å²) in [4.78, 5) is 33.7. The van der Waals surface area contributed by atoms with Crippen molar-refractivity contribution in [2.24, 2.45) is 5.92 Å². The van der Waals surface area contributed by atoms with Gasteiger partial charge >= 0.3 is 0 Å². The number of aromatic amines is 2. The minimum atomic E-state index is 0.0720. The summed E-state index contributed by atoms with van der Waals surface area (Å²) >= 11 is 0. The third-order valence-electron chi connectivity index (χ3n) is 6.97.